The highest BCUT2D eigenvalue weighted by atomic mass is 79.9. The van der Waals surface area contributed by atoms with E-state index in [1.807, 2.05) is 6.07 Å². The topological polar surface area (TPSA) is 12.0 Å². The molecule has 1 aliphatic carbocycles. The maximum atomic E-state index is 13.3. The van der Waals surface area contributed by atoms with Crippen LogP contribution in [-0.2, 0) is 6.42 Å². The largest absolute Gasteiger partial charge is 0.314 e. The van der Waals surface area contributed by atoms with Crippen LogP contribution in [0.2, 0.25) is 0 Å². The molecule has 0 aliphatic heterocycles. The van der Waals surface area contributed by atoms with Crippen LogP contribution in [0.25, 0.3) is 0 Å². The second-order valence-corrected chi connectivity index (χ2v) is 6.48. The van der Waals surface area contributed by atoms with Crippen LogP contribution in [0.1, 0.15) is 44.6 Å². The third kappa shape index (κ3) is 4.57. The summed E-state index contributed by atoms with van der Waals surface area (Å²) in [5.74, 6) is 0.734. The molecule has 1 fully saturated rings. The van der Waals surface area contributed by atoms with Crippen LogP contribution in [-0.4, -0.2) is 12.6 Å². The zero-order valence-electron chi connectivity index (χ0n) is 11.6. The van der Waals surface area contributed by atoms with Crippen LogP contribution in [0.4, 0.5) is 4.39 Å². The quantitative estimate of drug-likeness (QED) is 0.766. The monoisotopic (exact) mass is 327 g/mol. The van der Waals surface area contributed by atoms with Crippen LogP contribution in [0, 0.1) is 11.7 Å². The van der Waals surface area contributed by atoms with Gasteiger partial charge in [-0.1, -0.05) is 42.1 Å². The van der Waals surface area contributed by atoms with E-state index >= 15 is 0 Å². The normalized spacial score (nSPS) is 17.2. The Morgan fingerprint density at radius 3 is 2.84 bits per heavy atom. The van der Waals surface area contributed by atoms with E-state index in [4.69, 9.17) is 0 Å². The molecule has 1 N–H and O–H groups in total. The van der Waals surface area contributed by atoms with Crippen LogP contribution in [0.15, 0.2) is 22.7 Å². The first kappa shape index (κ1) is 15.0. The third-order valence-corrected chi connectivity index (χ3v) is 4.77. The van der Waals surface area contributed by atoms with Gasteiger partial charge in [0.1, 0.15) is 5.82 Å². The van der Waals surface area contributed by atoms with E-state index in [9.17, 15) is 4.39 Å². The molecule has 0 radical (unpaired) electrons. The first-order valence-corrected chi connectivity index (χ1v) is 8.15. The molecule has 3 heteroatoms. The molecule has 1 saturated carbocycles. The van der Waals surface area contributed by atoms with E-state index in [0.29, 0.717) is 6.04 Å². The summed E-state index contributed by atoms with van der Waals surface area (Å²) in [7, 11) is 0. The van der Waals surface area contributed by atoms with Gasteiger partial charge >= 0.3 is 0 Å². The van der Waals surface area contributed by atoms with E-state index < -0.39 is 0 Å². The number of nitrogens with one attached hydrogen (secondary N) is 1. The summed E-state index contributed by atoms with van der Waals surface area (Å²) < 4.78 is 14.4. The zero-order valence-corrected chi connectivity index (χ0v) is 13.2. The van der Waals surface area contributed by atoms with E-state index in [0.717, 1.165) is 35.3 Å². The van der Waals surface area contributed by atoms with Gasteiger partial charge in [-0.05, 0) is 55.5 Å². The second kappa shape index (κ2) is 7.39. The van der Waals surface area contributed by atoms with Crippen molar-refractivity contribution in [3.05, 3.63) is 34.1 Å². The highest BCUT2D eigenvalue weighted by molar-refractivity contribution is 9.10. The molecule has 0 aromatic heterocycles. The van der Waals surface area contributed by atoms with E-state index in [-0.39, 0.29) is 5.82 Å². The third-order valence-electron chi connectivity index (χ3n) is 4.00. The fraction of sp³-hybridized carbons (Fsp3) is 0.625. The summed E-state index contributed by atoms with van der Waals surface area (Å²) in [6.07, 6.45) is 7.40. The van der Waals surface area contributed by atoms with Crippen LogP contribution in [0.3, 0.4) is 0 Å². The molecule has 19 heavy (non-hydrogen) atoms. The molecule has 1 unspecified atom stereocenters. The van der Waals surface area contributed by atoms with Gasteiger partial charge in [0.15, 0.2) is 0 Å². The molecule has 2 rings (SSSR count). The minimum atomic E-state index is -0.143. The van der Waals surface area contributed by atoms with Gasteiger partial charge in [-0.2, -0.15) is 0 Å². The summed E-state index contributed by atoms with van der Waals surface area (Å²) in [5.41, 5.74) is 1.08. The Kier molecular flexibility index (Phi) is 5.83. The fourth-order valence-electron chi connectivity index (χ4n) is 2.68. The average Bonchev–Trinajstić information content (AvgIpc) is 2.34. The highest BCUT2D eigenvalue weighted by Gasteiger charge is 2.22. The molecule has 1 nitrogen and oxygen atoms in total. The Labute approximate surface area is 124 Å². The summed E-state index contributed by atoms with van der Waals surface area (Å²) in [6, 6.07) is 5.45. The number of benzene rings is 1. The Morgan fingerprint density at radius 2 is 2.21 bits per heavy atom. The summed E-state index contributed by atoms with van der Waals surface area (Å²) >= 11 is 3.53. The molecule has 106 valence electrons. The number of hydrogen-bond acceptors (Lipinski definition) is 1. The summed E-state index contributed by atoms with van der Waals surface area (Å²) in [5, 5.41) is 3.62. The van der Waals surface area contributed by atoms with Gasteiger partial charge in [-0.25, -0.2) is 4.39 Å². The molecule has 1 atom stereocenters. The van der Waals surface area contributed by atoms with Crippen LogP contribution >= 0.6 is 15.9 Å². The standard InChI is InChI=1S/C16H23BrFN/c1-2-8-19-15(9-12-4-3-5-12)11-13-10-14(18)6-7-16(13)17/h6-7,10,12,15,19H,2-5,8-9,11H2,1H3. The molecule has 0 amide bonds. The lowest BCUT2D eigenvalue weighted by molar-refractivity contribution is 0.259. The predicted octanol–water partition coefficient (Wildman–Crippen LogP) is 4.69. The molecular formula is C16H23BrFN. The lowest BCUT2D eigenvalue weighted by Gasteiger charge is -2.30. The van der Waals surface area contributed by atoms with E-state index in [1.54, 1.807) is 6.07 Å². The highest BCUT2D eigenvalue weighted by Crippen LogP contribution is 2.31. The minimum Gasteiger partial charge on any atom is -0.314 e. The van der Waals surface area contributed by atoms with Crippen molar-refractivity contribution in [1.29, 1.82) is 0 Å². The van der Waals surface area contributed by atoms with E-state index in [2.05, 4.69) is 28.2 Å². The van der Waals surface area contributed by atoms with E-state index in [1.165, 1.54) is 31.7 Å². The van der Waals surface area contributed by atoms with Gasteiger partial charge in [0.25, 0.3) is 0 Å². The minimum absolute atomic E-state index is 0.143. The van der Waals surface area contributed by atoms with Crippen molar-refractivity contribution in [2.24, 2.45) is 5.92 Å². The Morgan fingerprint density at radius 1 is 1.42 bits per heavy atom. The average molecular weight is 328 g/mol. The SMILES string of the molecule is CCCNC(Cc1cc(F)ccc1Br)CC1CCC1. The molecule has 0 spiro atoms. The molecule has 1 aliphatic rings. The van der Waals surface area contributed by atoms with Crippen LogP contribution in [0.5, 0.6) is 0 Å². The smallest absolute Gasteiger partial charge is 0.123 e. The number of hydrogen-bond donors (Lipinski definition) is 1. The lowest BCUT2D eigenvalue weighted by atomic mass is 9.80. The van der Waals surface area contributed by atoms with Gasteiger partial charge in [-0.15, -0.1) is 0 Å². The van der Waals surface area contributed by atoms with Gasteiger partial charge < -0.3 is 5.32 Å². The first-order valence-electron chi connectivity index (χ1n) is 7.36. The zero-order chi connectivity index (χ0) is 13.7. The molecule has 0 bridgehead atoms. The fourth-order valence-corrected chi connectivity index (χ4v) is 3.09. The van der Waals surface area contributed by atoms with Gasteiger partial charge in [0.05, 0.1) is 0 Å². The maximum Gasteiger partial charge on any atom is 0.123 e. The lowest BCUT2D eigenvalue weighted by Crippen LogP contribution is -2.35. The van der Waals surface area contributed by atoms with Crippen LogP contribution < -0.4 is 5.32 Å². The van der Waals surface area contributed by atoms with Gasteiger partial charge in [0.2, 0.25) is 0 Å². The van der Waals surface area contributed by atoms with Crippen molar-refractivity contribution >= 4 is 15.9 Å². The van der Waals surface area contributed by atoms with Crippen molar-refractivity contribution in [3.8, 4) is 0 Å². The van der Waals surface area contributed by atoms with Crippen molar-refractivity contribution in [1.82, 2.24) is 5.32 Å². The first-order chi connectivity index (χ1) is 9.19. The summed E-state index contributed by atoms with van der Waals surface area (Å²) in [6.45, 7) is 3.23. The van der Waals surface area contributed by atoms with Crippen molar-refractivity contribution in [3.63, 3.8) is 0 Å². The Balaban J connectivity index is 1.98. The second-order valence-electron chi connectivity index (χ2n) is 5.62. The van der Waals surface area contributed by atoms with Gasteiger partial charge in [-0.3, -0.25) is 0 Å². The molecule has 0 heterocycles. The van der Waals surface area contributed by atoms with Crippen molar-refractivity contribution < 1.29 is 4.39 Å². The summed E-state index contributed by atoms with van der Waals surface area (Å²) in [4.78, 5) is 0. The van der Waals surface area contributed by atoms with Crippen molar-refractivity contribution in [2.75, 3.05) is 6.54 Å². The molecule has 1 aromatic carbocycles. The van der Waals surface area contributed by atoms with Crippen molar-refractivity contribution in [2.45, 2.75) is 51.5 Å². The number of halogens is 2. The Bertz CT molecular complexity index is 404. The molecule has 0 saturated heterocycles. The molecular weight excluding hydrogens is 305 g/mol. The Hall–Kier alpha value is -0.410. The maximum absolute atomic E-state index is 13.3. The predicted molar refractivity (Wildman–Crippen MR) is 81.8 cm³/mol. The van der Waals surface area contributed by atoms with Gasteiger partial charge in [0, 0.05) is 10.5 Å². The number of rotatable bonds is 7. The molecule has 1 aromatic rings.